The predicted molar refractivity (Wildman–Crippen MR) is 63.6 cm³/mol. The van der Waals surface area contributed by atoms with Gasteiger partial charge in [0.25, 0.3) is 0 Å². The quantitative estimate of drug-likeness (QED) is 0.774. The van der Waals surface area contributed by atoms with E-state index in [1.54, 1.807) is 10.6 Å². The van der Waals surface area contributed by atoms with Gasteiger partial charge in [0.05, 0.1) is 0 Å². The van der Waals surface area contributed by atoms with Crippen molar-refractivity contribution in [1.82, 2.24) is 10.6 Å². The number of carbonyl (C=O) groups excluding carboxylic acids is 2. The number of rotatable bonds is 4. The van der Waals surface area contributed by atoms with Crippen LogP contribution in [0.25, 0.3) is 0 Å². The highest BCUT2D eigenvalue weighted by atomic mass is 19.4. The molecule has 0 aromatic rings. The zero-order valence-electron chi connectivity index (χ0n) is 11.5. The minimum absolute atomic E-state index is 0.0482. The molecule has 1 aliphatic rings. The first-order valence-electron chi connectivity index (χ1n) is 6.67. The van der Waals surface area contributed by atoms with Crippen LogP contribution in [0.15, 0.2) is 0 Å². The predicted octanol–water partition coefficient (Wildman–Crippen LogP) is 2.15. The number of hydrogen-bond acceptors (Lipinski definition) is 2. The molecular formula is C12H16F6N2O2. The monoisotopic (exact) mass is 334 g/mol. The van der Waals surface area contributed by atoms with Gasteiger partial charge >= 0.3 is 12.4 Å². The van der Waals surface area contributed by atoms with Gasteiger partial charge in [-0.25, -0.2) is 0 Å². The van der Waals surface area contributed by atoms with Crippen LogP contribution >= 0.6 is 0 Å². The van der Waals surface area contributed by atoms with Crippen LogP contribution in [0, 0.1) is 11.8 Å². The van der Waals surface area contributed by atoms with Gasteiger partial charge in [-0.05, 0) is 19.3 Å². The largest absolute Gasteiger partial charge is 0.405 e. The van der Waals surface area contributed by atoms with E-state index in [1.807, 2.05) is 0 Å². The molecule has 2 amide bonds. The van der Waals surface area contributed by atoms with Gasteiger partial charge in [0.2, 0.25) is 11.8 Å². The summed E-state index contributed by atoms with van der Waals surface area (Å²) < 4.78 is 72.1. The first-order chi connectivity index (χ1) is 9.98. The van der Waals surface area contributed by atoms with E-state index < -0.39 is 49.1 Å². The molecule has 0 aliphatic heterocycles. The fraction of sp³-hybridized carbons (Fsp3) is 0.833. The van der Waals surface area contributed by atoms with Crippen LogP contribution < -0.4 is 10.6 Å². The third-order valence-electron chi connectivity index (χ3n) is 3.34. The number of alkyl halides is 6. The average Bonchev–Trinajstić information content (AvgIpc) is 2.40. The molecule has 22 heavy (non-hydrogen) atoms. The molecular weight excluding hydrogens is 318 g/mol. The lowest BCUT2D eigenvalue weighted by Gasteiger charge is -2.27. The van der Waals surface area contributed by atoms with Gasteiger partial charge in [0, 0.05) is 11.8 Å². The number of amides is 2. The van der Waals surface area contributed by atoms with Gasteiger partial charge in [-0.15, -0.1) is 0 Å². The van der Waals surface area contributed by atoms with Gasteiger partial charge < -0.3 is 10.6 Å². The number of hydrogen-bond donors (Lipinski definition) is 2. The van der Waals surface area contributed by atoms with Crippen LogP contribution in [0.5, 0.6) is 0 Å². The molecule has 2 atom stereocenters. The van der Waals surface area contributed by atoms with Gasteiger partial charge in [-0.2, -0.15) is 26.3 Å². The summed E-state index contributed by atoms with van der Waals surface area (Å²) in [7, 11) is 0. The van der Waals surface area contributed by atoms with Crippen molar-refractivity contribution >= 4 is 11.8 Å². The molecule has 0 radical (unpaired) electrons. The smallest absolute Gasteiger partial charge is 0.347 e. The van der Waals surface area contributed by atoms with Crippen molar-refractivity contribution in [2.24, 2.45) is 11.8 Å². The van der Waals surface area contributed by atoms with Gasteiger partial charge in [-0.3, -0.25) is 9.59 Å². The third-order valence-corrected chi connectivity index (χ3v) is 3.34. The molecule has 1 aliphatic carbocycles. The highest BCUT2D eigenvalue weighted by molar-refractivity contribution is 5.82. The summed E-state index contributed by atoms with van der Waals surface area (Å²) in [4.78, 5) is 23.2. The molecule has 2 N–H and O–H groups in total. The third kappa shape index (κ3) is 6.99. The second-order valence-corrected chi connectivity index (χ2v) is 5.23. The number of nitrogens with one attached hydrogen (secondary N) is 2. The molecule has 1 rings (SSSR count). The highest BCUT2D eigenvalue weighted by Gasteiger charge is 2.35. The molecule has 4 nitrogen and oxygen atoms in total. The SMILES string of the molecule is O=C(NCC(F)(F)F)C1CCCC(C(=O)NCC(F)(F)F)C1. The van der Waals surface area contributed by atoms with Crippen LogP contribution in [-0.2, 0) is 9.59 Å². The van der Waals surface area contributed by atoms with Crippen molar-refractivity contribution in [3.8, 4) is 0 Å². The van der Waals surface area contributed by atoms with Crippen LogP contribution in [0.1, 0.15) is 25.7 Å². The molecule has 0 aromatic carbocycles. The number of halogens is 6. The summed E-state index contributed by atoms with van der Waals surface area (Å²) in [5.74, 6) is -3.24. The molecule has 0 bridgehead atoms. The van der Waals surface area contributed by atoms with Crippen LogP contribution in [0.3, 0.4) is 0 Å². The van der Waals surface area contributed by atoms with E-state index in [0.717, 1.165) is 0 Å². The van der Waals surface area contributed by atoms with Gasteiger partial charge in [0.1, 0.15) is 13.1 Å². The molecule has 0 aromatic heterocycles. The Balaban J connectivity index is 2.46. The van der Waals surface area contributed by atoms with E-state index in [-0.39, 0.29) is 6.42 Å². The van der Waals surface area contributed by atoms with Crippen molar-refractivity contribution in [2.45, 2.75) is 38.0 Å². The lowest BCUT2D eigenvalue weighted by Crippen LogP contribution is -2.43. The van der Waals surface area contributed by atoms with E-state index in [2.05, 4.69) is 0 Å². The van der Waals surface area contributed by atoms with Gasteiger partial charge in [-0.1, -0.05) is 6.42 Å². The molecule has 128 valence electrons. The zero-order valence-corrected chi connectivity index (χ0v) is 11.5. The maximum Gasteiger partial charge on any atom is 0.405 e. The summed E-state index contributed by atoms with van der Waals surface area (Å²) in [6.45, 7) is -2.93. The molecule has 1 saturated carbocycles. The Hall–Kier alpha value is -1.48. The molecule has 2 unspecified atom stereocenters. The van der Waals surface area contributed by atoms with Crippen molar-refractivity contribution in [3.05, 3.63) is 0 Å². The Kier molecular flexibility index (Phi) is 6.07. The second kappa shape index (κ2) is 7.19. The molecule has 0 saturated heterocycles. The zero-order chi connectivity index (χ0) is 17.0. The highest BCUT2D eigenvalue weighted by Crippen LogP contribution is 2.29. The summed E-state index contributed by atoms with van der Waals surface area (Å²) in [6, 6.07) is 0. The lowest BCUT2D eigenvalue weighted by atomic mass is 9.80. The normalized spacial score (nSPS) is 23.0. The van der Waals surface area contributed by atoms with Crippen molar-refractivity contribution in [2.75, 3.05) is 13.1 Å². The van der Waals surface area contributed by atoms with E-state index in [4.69, 9.17) is 0 Å². The van der Waals surface area contributed by atoms with Crippen molar-refractivity contribution in [1.29, 1.82) is 0 Å². The Labute approximate surface area is 122 Å². The van der Waals surface area contributed by atoms with E-state index in [0.29, 0.717) is 19.3 Å². The summed E-state index contributed by atoms with van der Waals surface area (Å²) in [5, 5.41) is 3.46. The molecule has 0 spiro atoms. The van der Waals surface area contributed by atoms with Crippen LogP contribution in [0.2, 0.25) is 0 Å². The maximum absolute atomic E-state index is 12.0. The standard InChI is InChI=1S/C12H16F6N2O2/c13-11(14,15)5-19-9(21)7-2-1-3-8(4-7)10(22)20-6-12(16,17)18/h7-8H,1-6H2,(H,19,21)(H,20,22). The van der Waals surface area contributed by atoms with Crippen LogP contribution in [-0.4, -0.2) is 37.3 Å². The van der Waals surface area contributed by atoms with Crippen molar-refractivity contribution in [3.63, 3.8) is 0 Å². The molecule has 0 heterocycles. The first kappa shape index (κ1) is 18.6. The second-order valence-electron chi connectivity index (χ2n) is 5.23. The topological polar surface area (TPSA) is 58.2 Å². The first-order valence-corrected chi connectivity index (χ1v) is 6.67. The summed E-state index contributed by atoms with van der Waals surface area (Å²) in [6.07, 6.45) is -8.09. The van der Waals surface area contributed by atoms with Crippen molar-refractivity contribution < 1.29 is 35.9 Å². The lowest BCUT2D eigenvalue weighted by molar-refractivity contribution is -0.144. The summed E-state index contributed by atoms with van der Waals surface area (Å²) >= 11 is 0. The van der Waals surface area contributed by atoms with E-state index >= 15 is 0 Å². The minimum atomic E-state index is -4.53. The van der Waals surface area contributed by atoms with Crippen LogP contribution in [0.4, 0.5) is 26.3 Å². The Bertz CT molecular complexity index is 371. The fourth-order valence-corrected chi connectivity index (χ4v) is 2.33. The molecule has 1 fully saturated rings. The van der Waals surface area contributed by atoms with Gasteiger partial charge in [0.15, 0.2) is 0 Å². The Morgan fingerprint density at radius 1 is 0.818 bits per heavy atom. The minimum Gasteiger partial charge on any atom is -0.347 e. The fourth-order valence-electron chi connectivity index (χ4n) is 2.33. The summed E-state index contributed by atoms with van der Waals surface area (Å²) in [5.41, 5.74) is 0. The molecule has 10 heteroatoms. The Morgan fingerprint density at radius 2 is 1.18 bits per heavy atom. The Morgan fingerprint density at radius 3 is 1.50 bits per heavy atom. The average molecular weight is 334 g/mol. The van der Waals surface area contributed by atoms with E-state index in [1.165, 1.54) is 0 Å². The maximum atomic E-state index is 12.0. The van der Waals surface area contributed by atoms with E-state index in [9.17, 15) is 35.9 Å². The number of carbonyl (C=O) groups is 2.